The van der Waals surface area contributed by atoms with Crippen molar-refractivity contribution in [3.05, 3.63) is 94.0 Å². The minimum Gasteiger partial charge on any atom is -0.493 e. The summed E-state index contributed by atoms with van der Waals surface area (Å²) in [6, 6.07) is 19.9. The van der Waals surface area contributed by atoms with E-state index in [1.54, 1.807) is 52.1 Å². The van der Waals surface area contributed by atoms with Gasteiger partial charge in [-0.2, -0.15) is 0 Å². The summed E-state index contributed by atoms with van der Waals surface area (Å²) >= 11 is 0. The summed E-state index contributed by atoms with van der Waals surface area (Å²) in [6.07, 6.45) is 6.44. The minimum absolute atomic E-state index is 0.0805. The van der Waals surface area contributed by atoms with E-state index in [0.29, 0.717) is 18.0 Å². The molecule has 2 N–H and O–H groups in total. The van der Waals surface area contributed by atoms with E-state index in [9.17, 15) is 14.4 Å². The third-order valence-corrected chi connectivity index (χ3v) is 10.7. The predicted octanol–water partition coefficient (Wildman–Crippen LogP) is 5.73. The van der Waals surface area contributed by atoms with Gasteiger partial charge in [0.1, 0.15) is 0 Å². The number of methoxy groups -OCH3 is 4. The second-order valence-corrected chi connectivity index (χ2v) is 14.3. The Morgan fingerprint density at radius 2 is 1.02 bits per heavy atom. The zero-order valence-corrected chi connectivity index (χ0v) is 33.7. The minimum atomic E-state index is 0.0805. The van der Waals surface area contributed by atoms with Gasteiger partial charge in [0, 0.05) is 70.2 Å². The van der Waals surface area contributed by atoms with Gasteiger partial charge in [0.05, 0.1) is 40.5 Å². The third kappa shape index (κ3) is 9.25. The summed E-state index contributed by atoms with van der Waals surface area (Å²) in [5.74, 6) is 3.16. The molecule has 4 aliphatic heterocycles. The lowest BCUT2D eigenvalue weighted by Crippen LogP contribution is -2.29. The highest BCUT2D eigenvalue weighted by molar-refractivity contribution is 5.95. The van der Waals surface area contributed by atoms with Crippen molar-refractivity contribution in [3.8, 4) is 23.0 Å². The van der Waals surface area contributed by atoms with Crippen molar-refractivity contribution in [2.75, 3.05) is 70.2 Å². The predicted molar refractivity (Wildman–Crippen MR) is 222 cm³/mol. The lowest BCUT2D eigenvalue weighted by Gasteiger charge is -2.27. The van der Waals surface area contributed by atoms with Gasteiger partial charge in [0.2, 0.25) is 18.2 Å². The molecule has 0 saturated heterocycles. The van der Waals surface area contributed by atoms with Crippen LogP contribution in [-0.4, -0.2) is 89.0 Å². The van der Waals surface area contributed by atoms with Gasteiger partial charge in [-0.15, -0.1) is 0 Å². The molecule has 13 heteroatoms. The van der Waals surface area contributed by atoms with Crippen molar-refractivity contribution in [2.45, 2.75) is 52.6 Å². The van der Waals surface area contributed by atoms with Gasteiger partial charge in [0.25, 0.3) is 0 Å². The number of aliphatic imine (C=N–C) groups is 1. The number of fused-ring (bicyclic) bond motifs is 4. The molecule has 3 amide bonds. The van der Waals surface area contributed by atoms with Crippen molar-refractivity contribution in [2.24, 2.45) is 4.99 Å². The Labute approximate surface area is 334 Å². The molecule has 0 bridgehead atoms. The summed E-state index contributed by atoms with van der Waals surface area (Å²) in [7, 11) is 6.57. The van der Waals surface area contributed by atoms with Gasteiger partial charge in [-0.25, -0.2) is 4.99 Å². The van der Waals surface area contributed by atoms with Crippen molar-refractivity contribution < 1.29 is 33.3 Å². The molecule has 0 saturated carbocycles. The number of ether oxygens (including phenoxy) is 4. The molecule has 0 aromatic heterocycles. The summed E-state index contributed by atoms with van der Waals surface area (Å²) < 4.78 is 21.3. The SMILES string of the molecule is CC(=O)N1CCc2ccc(N)cc21.COc1cc2c(cc1OC)CN(C=Nc1ccc3c(c1)N(C(C)=O)CC3)CC2.COc1cc2c(cc1OC)CN(C=O)CC2. The molecule has 8 rings (SSSR count). The van der Waals surface area contributed by atoms with E-state index in [1.165, 1.54) is 27.8 Å². The van der Waals surface area contributed by atoms with Crippen LogP contribution in [0, 0.1) is 0 Å². The lowest BCUT2D eigenvalue weighted by atomic mass is 9.99. The molecular formula is C44H52N6O7. The maximum absolute atomic E-state index is 11.8. The van der Waals surface area contributed by atoms with Crippen molar-refractivity contribution in [1.29, 1.82) is 0 Å². The highest BCUT2D eigenvalue weighted by atomic mass is 16.5. The number of nitrogens with two attached hydrogens (primary N) is 1. The Hall–Kier alpha value is -6.24. The smallest absolute Gasteiger partial charge is 0.223 e. The van der Waals surface area contributed by atoms with Crippen LogP contribution in [0.5, 0.6) is 23.0 Å². The number of carbonyl (C=O) groups is 3. The van der Waals surface area contributed by atoms with Gasteiger partial charge in [-0.3, -0.25) is 14.4 Å². The van der Waals surface area contributed by atoms with E-state index in [0.717, 1.165) is 105 Å². The number of carbonyl (C=O) groups excluding carboxylic acids is 3. The van der Waals surface area contributed by atoms with E-state index in [4.69, 9.17) is 24.7 Å². The maximum Gasteiger partial charge on any atom is 0.223 e. The van der Waals surface area contributed by atoms with E-state index in [-0.39, 0.29) is 11.8 Å². The summed E-state index contributed by atoms with van der Waals surface area (Å²) in [5, 5.41) is 0. The number of benzene rings is 4. The molecule has 57 heavy (non-hydrogen) atoms. The quantitative estimate of drug-likeness (QED) is 0.108. The van der Waals surface area contributed by atoms with Crippen LogP contribution in [0.1, 0.15) is 47.2 Å². The first kappa shape index (κ1) is 40.4. The van der Waals surface area contributed by atoms with Crippen LogP contribution < -0.4 is 34.5 Å². The highest BCUT2D eigenvalue weighted by Crippen LogP contribution is 2.35. The van der Waals surface area contributed by atoms with Gasteiger partial charge < -0.3 is 44.3 Å². The van der Waals surface area contributed by atoms with Gasteiger partial charge in [-0.05, 0) is 108 Å². The van der Waals surface area contributed by atoms with E-state index >= 15 is 0 Å². The Bertz CT molecular complexity index is 2150. The molecule has 0 spiro atoms. The van der Waals surface area contributed by atoms with Gasteiger partial charge in [-0.1, -0.05) is 12.1 Å². The Morgan fingerprint density at radius 3 is 1.51 bits per heavy atom. The maximum atomic E-state index is 11.8. The molecular weight excluding hydrogens is 725 g/mol. The molecule has 0 unspecified atom stereocenters. The lowest BCUT2D eigenvalue weighted by molar-refractivity contribution is -0.119. The van der Waals surface area contributed by atoms with Crippen LogP contribution >= 0.6 is 0 Å². The highest BCUT2D eigenvalue weighted by Gasteiger charge is 2.24. The average Bonchev–Trinajstić information content (AvgIpc) is 3.86. The number of amides is 3. The van der Waals surface area contributed by atoms with Crippen LogP contribution in [0.15, 0.2) is 65.7 Å². The standard InChI is InChI=1S/C22H25N3O3.C12H15NO3.C10H12N2O/c1-15(26)25-9-7-16-4-5-19(12-20(16)25)23-14-24-8-6-17-10-21(27-2)22(28-3)11-18(17)13-24;1-15-11-5-9-3-4-13(8-14)7-10(9)6-12(11)16-2;1-7(13)12-5-4-8-2-3-9(11)6-10(8)12/h4-5,10-12,14H,6-9,13H2,1-3H3;5-6,8H,3-4,7H2,1-2H3;2-3,6H,4-5,11H2,1H3. The Balaban J connectivity index is 0.000000160. The van der Waals surface area contributed by atoms with E-state index in [2.05, 4.69) is 22.0 Å². The zero-order valence-electron chi connectivity index (χ0n) is 33.7. The fourth-order valence-corrected chi connectivity index (χ4v) is 7.65. The normalized spacial score (nSPS) is 14.9. The molecule has 0 atom stereocenters. The van der Waals surface area contributed by atoms with Crippen LogP contribution in [0.3, 0.4) is 0 Å². The van der Waals surface area contributed by atoms with Gasteiger partial charge >= 0.3 is 0 Å². The largest absolute Gasteiger partial charge is 0.493 e. The monoisotopic (exact) mass is 776 g/mol. The molecule has 300 valence electrons. The number of hydrogen-bond donors (Lipinski definition) is 1. The molecule has 0 radical (unpaired) electrons. The topological polar surface area (TPSA) is 139 Å². The fourth-order valence-electron chi connectivity index (χ4n) is 7.65. The molecule has 0 fully saturated rings. The second-order valence-electron chi connectivity index (χ2n) is 14.3. The third-order valence-electron chi connectivity index (χ3n) is 10.7. The van der Waals surface area contributed by atoms with Gasteiger partial charge in [0.15, 0.2) is 23.0 Å². The van der Waals surface area contributed by atoms with Crippen LogP contribution in [-0.2, 0) is 53.2 Å². The number of hydrogen-bond acceptors (Lipinski definition) is 9. The number of anilines is 3. The fraction of sp³-hybridized carbons (Fsp3) is 0.364. The molecule has 13 nitrogen and oxygen atoms in total. The Kier molecular flexibility index (Phi) is 12.9. The molecule has 4 aromatic carbocycles. The molecule has 4 aromatic rings. The second kappa shape index (κ2) is 18.1. The van der Waals surface area contributed by atoms with Crippen molar-refractivity contribution in [3.63, 3.8) is 0 Å². The molecule has 4 heterocycles. The van der Waals surface area contributed by atoms with Crippen LogP contribution in [0.25, 0.3) is 0 Å². The molecule has 0 aliphatic carbocycles. The van der Waals surface area contributed by atoms with Crippen molar-refractivity contribution in [1.82, 2.24) is 9.80 Å². The van der Waals surface area contributed by atoms with Crippen molar-refractivity contribution >= 4 is 47.3 Å². The zero-order chi connectivity index (χ0) is 40.6. The summed E-state index contributed by atoms with van der Waals surface area (Å²) in [6.45, 7) is 7.84. The van der Waals surface area contributed by atoms with E-state index in [1.807, 2.05) is 59.8 Å². The number of nitrogen functional groups attached to an aromatic ring is 1. The first-order valence-electron chi connectivity index (χ1n) is 19.1. The number of rotatable bonds is 7. The first-order valence-corrected chi connectivity index (χ1v) is 19.1. The summed E-state index contributed by atoms with van der Waals surface area (Å²) in [5.41, 5.74) is 16.5. The van der Waals surface area contributed by atoms with E-state index < -0.39 is 0 Å². The Morgan fingerprint density at radius 1 is 0.579 bits per heavy atom. The van der Waals surface area contributed by atoms with Crippen LogP contribution in [0.2, 0.25) is 0 Å². The van der Waals surface area contributed by atoms with Crippen LogP contribution in [0.4, 0.5) is 22.7 Å². The summed E-state index contributed by atoms with van der Waals surface area (Å²) in [4.78, 5) is 45.9. The number of nitrogens with zero attached hydrogens (tertiary/aromatic N) is 5. The molecule has 4 aliphatic rings. The first-order chi connectivity index (χ1) is 27.5. The average molecular weight is 777 g/mol.